The van der Waals surface area contributed by atoms with Crippen LogP contribution in [0.2, 0.25) is 5.02 Å². The van der Waals surface area contributed by atoms with E-state index in [4.69, 9.17) is 11.6 Å². The molecular weight excluding hydrogens is 240 g/mol. The number of nitrogens with zero attached hydrogens (tertiary/aromatic N) is 2. The van der Waals surface area contributed by atoms with Crippen molar-refractivity contribution in [3.05, 3.63) is 21.7 Å². The van der Waals surface area contributed by atoms with E-state index in [-0.39, 0.29) is 10.6 Å². The van der Waals surface area contributed by atoms with Crippen molar-refractivity contribution in [2.45, 2.75) is 13.8 Å². The van der Waals surface area contributed by atoms with Gasteiger partial charge in [0.1, 0.15) is 5.02 Å². The van der Waals surface area contributed by atoms with E-state index in [0.29, 0.717) is 11.7 Å². The van der Waals surface area contributed by atoms with Crippen molar-refractivity contribution in [2.24, 2.45) is 5.92 Å². The number of rotatable bonds is 6. The Hall–Kier alpha value is -1.07. The Balaban J connectivity index is 2.50. The minimum absolute atomic E-state index is 0.138. The van der Waals surface area contributed by atoms with Gasteiger partial charge < -0.3 is 15.2 Å². The van der Waals surface area contributed by atoms with Gasteiger partial charge in [0, 0.05) is 20.1 Å². The van der Waals surface area contributed by atoms with Gasteiger partial charge in [-0.2, -0.15) is 0 Å². The van der Waals surface area contributed by atoms with E-state index >= 15 is 0 Å². The van der Waals surface area contributed by atoms with E-state index in [2.05, 4.69) is 29.1 Å². The van der Waals surface area contributed by atoms with E-state index in [9.17, 15) is 4.79 Å². The average molecular weight is 259 g/mol. The van der Waals surface area contributed by atoms with Gasteiger partial charge in [-0.15, -0.1) is 0 Å². The molecular formula is C11H19ClN4O. The molecule has 0 saturated heterocycles. The van der Waals surface area contributed by atoms with Gasteiger partial charge in [0.2, 0.25) is 0 Å². The molecule has 17 heavy (non-hydrogen) atoms. The minimum Gasteiger partial charge on any atom is -0.357 e. The van der Waals surface area contributed by atoms with Crippen molar-refractivity contribution in [2.75, 3.05) is 31.6 Å². The largest absolute Gasteiger partial charge is 0.357 e. The van der Waals surface area contributed by atoms with E-state index in [1.54, 1.807) is 0 Å². The first kappa shape index (κ1) is 14.0. The lowest BCUT2D eigenvalue weighted by Crippen LogP contribution is -2.32. The van der Waals surface area contributed by atoms with Gasteiger partial charge >= 0.3 is 0 Å². The van der Waals surface area contributed by atoms with Crippen molar-refractivity contribution in [1.29, 1.82) is 0 Å². The molecule has 1 aromatic heterocycles. The van der Waals surface area contributed by atoms with Crippen LogP contribution < -0.4 is 15.8 Å². The van der Waals surface area contributed by atoms with Gasteiger partial charge in [-0.1, -0.05) is 25.4 Å². The van der Waals surface area contributed by atoms with Gasteiger partial charge in [0.05, 0.1) is 6.33 Å². The van der Waals surface area contributed by atoms with Gasteiger partial charge in [-0.25, -0.2) is 4.98 Å². The third kappa shape index (κ3) is 4.36. The highest BCUT2D eigenvalue weighted by molar-refractivity contribution is 6.32. The average Bonchev–Trinajstić information content (AvgIpc) is 2.27. The summed E-state index contributed by atoms with van der Waals surface area (Å²) in [6.45, 7) is 6.88. The highest BCUT2D eigenvalue weighted by Crippen LogP contribution is 2.15. The van der Waals surface area contributed by atoms with E-state index < -0.39 is 0 Å². The molecule has 1 aromatic rings. The minimum atomic E-state index is -0.307. The molecule has 0 aliphatic carbocycles. The lowest BCUT2D eigenvalue weighted by Gasteiger charge is -2.19. The van der Waals surface area contributed by atoms with Crippen LogP contribution in [0.1, 0.15) is 13.8 Å². The fraction of sp³-hybridized carbons (Fsp3) is 0.636. The van der Waals surface area contributed by atoms with Gasteiger partial charge in [0.15, 0.2) is 5.82 Å². The van der Waals surface area contributed by atoms with Crippen molar-refractivity contribution < 1.29 is 0 Å². The molecule has 0 aromatic carbocycles. The number of aromatic nitrogens is 2. The zero-order valence-electron chi connectivity index (χ0n) is 10.5. The second-order valence-electron chi connectivity index (χ2n) is 4.39. The van der Waals surface area contributed by atoms with Crippen LogP contribution >= 0.6 is 11.6 Å². The lowest BCUT2D eigenvalue weighted by atomic mass is 10.2. The number of hydrogen-bond donors (Lipinski definition) is 2. The van der Waals surface area contributed by atoms with Crippen LogP contribution in [0.15, 0.2) is 11.1 Å². The first-order valence-electron chi connectivity index (χ1n) is 5.67. The molecule has 0 unspecified atom stereocenters. The molecule has 0 aliphatic heterocycles. The van der Waals surface area contributed by atoms with Gasteiger partial charge in [0.25, 0.3) is 5.56 Å². The molecule has 0 bridgehead atoms. The lowest BCUT2D eigenvalue weighted by molar-refractivity contribution is 0.554. The number of halogens is 1. The molecule has 0 saturated carbocycles. The van der Waals surface area contributed by atoms with Crippen LogP contribution in [-0.2, 0) is 0 Å². The summed E-state index contributed by atoms with van der Waals surface area (Å²) in [5.74, 6) is 1.14. The highest BCUT2D eigenvalue weighted by atomic mass is 35.5. The van der Waals surface area contributed by atoms with Gasteiger partial charge in [-0.05, 0) is 12.5 Å². The van der Waals surface area contributed by atoms with Crippen LogP contribution in [-0.4, -0.2) is 36.6 Å². The zero-order chi connectivity index (χ0) is 12.8. The fourth-order valence-corrected chi connectivity index (χ4v) is 1.63. The summed E-state index contributed by atoms with van der Waals surface area (Å²) in [5.41, 5.74) is -0.307. The zero-order valence-corrected chi connectivity index (χ0v) is 11.2. The maximum atomic E-state index is 11.3. The molecule has 2 N–H and O–H groups in total. The summed E-state index contributed by atoms with van der Waals surface area (Å²) in [5, 5.41) is 3.46. The molecule has 5 nitrogen and oxygen atoms in total. The van der Waals surface area contributed by atoms with Gasteiger partial charge in [-0.3, -0.25) is 4.79 Å². The molecule has 0 aliphatic rings. The van der Waals surface area contributed by atoms with Crippen LogP contribution in [0.25, 0.3) is 0 Å². The topological polar surface area (TPSA) is 61.0 Å². The van der Waals surface area contributed by atoms with Crippen molar-refractivity contribution in [1.82, 2.24) is 15.3 Å². The number of anilines is 1. The summed E-state index contributed by atoms with van der Waals surface area (Å²) < 4.78 is 0. The first-order chi connectivity index (χ1) is 8.02. The van der Waals surface area contributed by atoms with Crippen molar-refractivity contribution in [3.8, 4) is 0 Å². The Morgan fingerprint density at radius 3 is 2.94 bits per heavy atom. The monoisotopic (exact) mass is 258 g/mol. The van der Waals surface area contributed by atoms with Crippen molar-refractivity contribution >= 4 is 17.4 Å². The third-order valence-corrected chi connectivity index (χ3v) is 2.66. The Bertz CT molecular complexity index is 405. The predicted molar refractivity (Wildman–Crippen MR) is 70.8 cm³/mol. The van der Waals surface area contributed by atoms with E-state index in [0.717, 1.165) is 19.6 Å². The molecule has 0 spiro atoms. The smallest absolute Gasteiger partial charge is 0.271 e. The normalized spacial score (nSPS) is 10.9. The Morgan fingerprint density at radius 2 is 2.29 bits per heavy atom. The maximum absolute atomic E-state index is 11.3. The SMILES string of the molecule is CC(C)CNCCN(C)c1nc[nH]c(=O)c1Cl. The summed E-state index contributed by atoms with van der Waals surface area (Å²) in [4.78, 5) is 19.7. The van der Waals surface area contributed by atoms with Crippen molar-refractivity contribution in [3.63, 3.8) is 0 Å². The summed E-state index contributed by atoms with van der Waals surface area (Å²) in [6.07, 6.45) is 1.36. The molecule has 96 valence electrons. The third-order valence-electron chi connectivity index (χ3n) is 2.32. The molecule has 0 amide bonds. The molecule has 0 radical (unpaired) electrons. The van der Waals surface area contributed by atoms with Crippen LogP contribution in [0.3, 0.4) is 0 Å². The standard InChI is InChI=1S/C11H19ClN4O/c1-8(2)6-13-4-5-16(3)10-9(12)11(17)15-7-14-10/h7-8,13H,4-6H2,1-3H3,(H,14,15,17). The Kier molecular flexibility index (Phi) is 5.44. The number of hydrogen-bond acceptors (Lipinski definition) is 4. The first-order valence-corrected chi connectivity index (χ1v) is 6.05. The molecule has 0 atom stereocenters. The molecule has 6 heteroatoms. The number of aromatic amines is 1. The Labute approximate surface area is 106 Å². The summed E-state index contributed by atoms with van der Waals surface area (Å²) >= 11 is 5.88. The molecule has 0 fully saturated rings. The summed E-state index contributed by atoms with van der Waals surface area (Å²) in [7, 11) is 1.87. The van der Waals surface area contributed by atoms with E-state index in [1.807, 2.05) is 11.9 Å². The Morgan fingerprint density at radius 1 is 1.59 bits per heavy atom. The fourth-order valence-electron chi connectivity index (χ4n) is 1.38. The maximum Gasteiger partial charge on any atom is 0.271 e. The number of H-pyrrole nitrogens is 1. The van der Waals surface area contributed by atoms with Crippen LogP contribution in [0, 0.1) is 5.92 Å². The highest BCUT2D eigenvalue weighted by Gasteiger charge is 2.09. The second kappa shape index (κ2) is 6.61. The van der Waals surface area contributed by atoms with Crippen LogP contribution in [0.4, 0.5) is 5.82 Å². The second-order valence-corrected chi connectivity index (χ2v) is 4.77. The molecule has 1 rings (SSSR count). The summed E-state index contributed by atoms with van der Waals surface area (Å²) in [6, 6.07) is 0. The van der Waals surface area contributed by atoms with E-state index in [1.165, 1.54) is 6.33 Å². The quantitative estimate of drug-likeness (QED) is 0.751. The molecule has 1 heterocycles. The number of likely N-dealkylation sites (N-methyl/N-ethyl adjacent to an activating group) is 1. The van der Waals surface area contributed by atoms with Crippen LogP contribution in [0.5, 0.6) is 0 Å². The predicted octanol–water partition coefficient (Wildman–Crippen LogP) is 1.11. The number of nitrogens with one attached hydrogen (secondary N) is 2.